The number of anilines is 1. The maximum Gasteiger partial charge on any atom is 0.244 e. The average molecular weight is 399 g/mol. The highest BCUT2D eigenvalue weighted by Crippen LogP contribution is 2.19. The van der Waals surface area contributed by atoms with Crippen molar-refractivity contribution in [1.82, 2.24) is 9.55 Å². The van der Waals surface area contributed by atoms with Gasteiger partial charge < -0.3 is 14.6 Å². The van der Waals surface area contributed by atoms with E-state index in [2.05, 4.69) is 12.2 Å². The van der Waals surface area contributed by atoms with Crippen molar-refractivity contribution in [2.75, 3.05) is 5.32 Å². The quantitative estimate of drug-likeness (QED) is 0.469. The molecule has 0 saturated carbocycles. The van der Waals surface area contributed by atoms with E-state index < -0.39 is 0 Å². The number of aromatic nitrogens is 2. The van der Waals surface area contributed by atoms with Gasteiger partial charge in [-0.15, -0.1) is 0 Å². The van der Waals surface area contributed by atoms with Crippen molar-refractivity contribution >= 4 is 22.6 Å². The fourth-order valence-corrected chi connectivity index (χ4v) is 3.43. The number of hydrogen-bond donors (Lipinski definition) is 1. The Morgan fingerprint density at radius 1 is 1.03 bits per heavy atom. The first-order chi connectivity index (χ1) is 14.6. The standard InChI is InChI=1S/C25H25N3O2/c1-3-19-11-13-20(14-12-19)26-25(29)16-28-23-10-5-4-9-22(23)27-24(28)17-30-21-8-6-7-18(2)15-21/h4-15H,3,16-17H2,1-2H3,(H,26,29). The van der Waals surface area contributed by atoms with E-state index in [0.29, 0.717) is 5.82 Å². The number of aryl methyl sites for hydroxylation is 2. The smallest absolute Gasteiger partial charge is 0.244 e. The molecule has 0 saturated heterocycles. The number of hydrogen-bond acceptors (Lipinski definition) is 3. The summed E-state index contributed by atoms with van der Waals surface area (Å²) in [6.45, 7) is 4.59. The van der Waals surface area contributed by atoms with Crippen molar-refractivity contribution in [3.8, 4) is 5.75 Å². The van der Waals surface area contributed by atoms with E-state index in [0.717, 1.165) is 34.5 Å². The van der Waals surface area contributed by atoms with Gasteiger partial charge in [-0.25, -0.2) is 4.98 Å². The third-order valence-electron chi connectivity index (χ3n) is 5.04. The zero-order valence-electron chi connectivity index (χ0n) is 17.3. The van der Waals surface area contributed by atoms with Crippen molar-refractivity contribution < 1.29 is 9.53 Å². The molecule has 5 nitrogen and oxygen atoms in total. The monoisotopic (exact) mass is 399 g/mol. The molecule has 0 unspecified atom stereocenters. The molecular formula is C25H25N3O2. The predicted octanol–water partition coefficient (Wildman–Crippen LogP) is 5.12. The van der Waals surface area contributed by atoms with E-state index >= 15 is 0 Å². The summed E-state index contributed by atoms with van der Waals surface area (Å²) in [7, 11) is 0. The molecule has 1 amide bonds. The summed E-state index contributed by atoms with van der Waals surface area (Å²) < 4.78 is 7.87. The Hall–Kier alpha value is -3.60. The van der Waals surface area contributed by atoms with Gasteiger partial charge in [0.1, 0.15) is 24.7 Å². The summed E-state index contributed by atoms with van der Waals surface area (Å²) >= 11 is 0. The number of carbonyl (C=O) groups is 1. The van der Waals surface area contributed by atoms with Crippen molar-refractivity contribution in [1.29, 1.82) is 0 Å². The molecule has 4 aromatic rings. The van der Waals surface area contributed by atoms with Crippen LogP contribution in [0.3, 0.4) is 0 Å². The van der Waals surface area contributed by atoms with Gasteiger partial charge in [0.15, 0.2) is 0 Å². The largest absolute Gasteiger partial charge is 0.486 e. The first-order valence-electron chi connectivity index (χ1n) is 10.1. The molecule has 0 aliphatic rings. The summed E-state index contributed by atoms with van der Waals surface area (Å²) in [5.74, 6) is 1.41. The molecule has 152 valence electrons. The Balaban J connectivity index is 1.54. The number of benzene rings is 3. The van der Waals surface area contributed by atoms with Crippen LogP contribution in [0, 0.1) is 6.92 Å². The number of imidazole rings is 1. The van der Waals surface area contributed by atoms with Gasteiger partial charge in [-0.3, -0.25) is 4.79 Å². The molecule has 0 fully saturated rings. The molecule has 1 N–H and O–H groups in total. The lowest BCUT2D eigenvalue weighted by Gasteiger charge is -2.11. The summed E-state index contributed by atoms with van der Waals surface area (Å²) in [4.78, 5) is 17.4. The van der Waals surface area contributed by atoms with Crippen LogP contribution in [0.5, 0.6) is 5.75 Å². The summed E-state index contributed by atoms with van der Waals surface area (Å²) in [6.07, 6.45) is 0.972. The molecular weight excluding hydrogens is 374 g/mol. The van der Waals surface area contributed by atoms with Gasteiger partial charge in [0.25, 0.3) is 0 Å². The molecule has 0 radical (unpaired) electrons. The highest BCUT2D eigenvalue weighted by atomic mass is 16.5. The molecule has 5 heteroatoms. The van der Waals surface area contributed by atoms with Gasteiger partial charge in [0.05, 0.1) is 11.0 Å². The van der Waals surface area contributed by atoms with Crippen LogP contribution in [0.25, 0.3) is 11.0 Å². The minimum absolute atomic E-state index is 0.0980. The number of nitrogens with zero attached hydrogens (tertiary/aromatic N) is 2. The van der Waals surface area contributed by atoms with Crippen LogP contribution in [-0.2, 0) is 24.4 Å². The van der Waals surface area contributed by atoms with E-state index in [1.54, 1.807) is 0 Å². The van der Waals surface area contributed by atoms with Crippen molar-refractivity contribution in [3.05, 3.63) is 89.7 Å². The van der Waals surface area contributed by atoms with Crippen LogP contribution >= 0.6 is 0 Å². The second-order valence-corrected chi connectivity index (χ2v) is 7.31. The van der Waals surface area contributed by atoms with Gasteiger partial charge in [0.2, 0.25) is 5.91 Å². The third kappa shape index (κ3) is 4.51. The number of rotatable bonds is 7. The number of fused-ring (bicyclic) bond motifs is 1. The van der Waals surface area contributed by atoms with Crippen LogP contribution in [0.1, 0.15) is 23.9 Å². The molecule has 4 rings (SSSR count). The molecule has 3 aromatic carbocycles. The van der Waals surface area contributed by atoms with Crippen LogP contribution in [0.4, 0.5) is 5.69 Å². The van der Waals surface area contributed by atoms with E-state index in [1.165, 1.54) is 5.56 Å². The minimum Gasteiger partial charge on any atom is -0.486 e. The van der Waals surface area contributed by atoms with Crippen molar-refractivity contribution in [2.45, 2.75) is 33.4 Å². The van der Waals surface area contributed by atoms with Crippen molar-refractivity contribution in [2.24, 2.45) is 0 Å². The first-order valence-corrected chi connectivity index (χ1v) is 10.1. The first kappa shape index (κ1) is 19.7. The van der Waals surface area contributed by atoms with Gasteiger partial charge in [-0.2, -0.15) is 0 Å². The Labute approximate surface area is 176 Å². The molecule has 30 heavy (non-hydrogen) atoms. The number of amides is 1. The summed E-state index contributed by atoms with van der Waals surface area (Å²) in [5.41, 5.74) is 4.93. The van der Waals surface area contributed by atoms with E-state index in [1.807, 2.05) is 84.3 Å². The van der Waals surface area contributed by atoms with E-state index in [-0.39, 0.29) is 19.1 Å². The van der Waals surface area contributed by atoms with Gasteiger partial charge in [0, 0.05) is 5.69 Å². The Morgan fingerprint density at radius 3 is 2.60 bits per heavy atom. The summed E-state index contributed by atoms with van der Waals surface area (Å²) in [5, 5.41) is 2.98. The van der Waals surface area contributed by atoms with Crippen LogP contribution in [0.2, 0.25) is 0 Å². The van der Waals surface area contributed by atoms with E-state index in [4.69, 9.17) is 9.72 Å². The fraction of sp³-hybridized carbons (Fsp3) is 0.200. The minimum atomic E-state index is -0.0980. The van der Waals surface area contributed by atoms with Crippen LogP contribution in [-0.4, -0.2) is 15.5 Å². The van der Waals surface area contributed by atoms with Gasteiger partial charge >= 0.3 is 0 Å². The summed E-state index contributed by atoms with van der Waals surface area (Å²) in [6, 6.07) is 23.6. The SMILES string of the molecule is CCc1ccc(NC(=O)Cn2c(COc3cccc(C)c3)nc3ccccc32)cc1. The lowest BCUT2D eigenvalue weighted by Crippen LogP contribution is -2.20. The van der Waals surface area contributed by atoms with Crippen LogP contribution in [0.15, 0.2) is 72.8 Å². The fourth-order valence-electron chi connectivity index (χ4n) is 3.43. The molecule has 0 atom stereocenters. The number of para-hydroxylation sites is 2. The predicted molar refractivity (Wildman–Crippen MR) is 120 cm³/mol. The van der Waals surface area contributed by atoms with Gasteiger partial charge in [-0.1, -0.05) is 43.3 Å². The Morgan fingerprint density at radius 2 is 1.83 bits per heavy atom. The van der Waals surface area contributed by atoms with Crippen molar-refractivity contribution in [3.63, 3.8) is 0 Å². The zero-order valence-corrected chi connectivity index (χ0v) is 17.3. The molecule has 0 aliphatic carbocycles. The average Bonchev–Trinajstić information content (AvgIpc) is 3.10. The number of ether oxygens (including phenoxy) is 1. The number of carbonyl (C=O) groups excluding carboxylic acids is 1. The maximum absolute atomic E-state index is 12.7. The zero-order chi connectivity index (χ0) is 20.9. The highest BCUT2D eigenvalue weighted by Gasteiger charge is 2.14. The molecule has 0 spiro atoms. The van der Waals surface area contributed by atoms with Crippen LogP contribution < -0.4 is 10.1 Å². The maximum atomic E-state index is 12.7. The molecule has 1 aromatic heterocycles. The molecule has 0 aliphatic heterocycles. The Bertz CT molecular complexity index is 1160. The van der Waals surface area contributed by atoms with Gasteiger partial charge in [-0.05, 0) is 60.9 Å². The highest BCUT2D eigenvalue weighted by molar-refractivity contribution is 5.91. The normalized spacial score (nSPS) is 10.9. The molecule has 1 heterocycles. The second-order valence-electron chi connectivity index (χ2n) is 7.31. The number of nitrogens with one attached hydrogen (secondary N) is 1. The molecule has 0 bridgehead atoms. The topological polar surface area (TPSA) is 56.2 Å². The lowest BCUT2D eigenvalue weighted by molar-refractivity contribution is -0.116. The van der Waals surface area contributed by atoms with E-state index in [9.17, 15) is 4.79 Å². The Kier molecular flexibility index (Phi) is 5.80. The second kappa shape index (κ2) is 8.82. The third-order valence-corrected chi connectivity index (χ3v) is 5.04. The lowest BCUT2D eigenvalue weighted by atomic mass is 10.1.